The highest BCUT2D eigenvalue weighted by molar-refractivity contribution is 5.86. The van der Waals surface area contributed by atoms with Crippen molar-refractivity contribution in [1.29, 1.82) is 0 Å². The molecule has 1 aromatic carbocycles. The second kappa shape index (κ2) is 7.23. The fourth-order valence-corrected chi connectivity index (χ4v) is 3.36. The van der Waals surface area contributed by atoms with E-state index < -0.39 is 5.97 Å². The third kappa shape index (κ3) is 3.82. The molecule has 1 aliphatic rings. The summed E-state index contributed by atoms with van der Waals surface area (Å²) in [5, 5.41) is 9.12. The van der Waals surface area contributed by atoms with Crippen LogP contribution in [-0.2, 0) is 6.54 Å². The van der Waals surface area contributed by atoms with Gasteiger partial charge in [0.05, 0.1) is 7.11 Å². The molecule has 6 nitrogen and oxygen atoms in total. The number of nitrogens with zero attached hydrogens (tertiary/aromatic N) is 2. The van der Waals surface area contributed by atoms with Gasteiger partial charge in [0, 0.05) is 23.7 Å². The van der Waals surface area contributed by atoms with E-state index in [2.05, 4.69) is 14.9 Å². The summed E-state index contributed by atoms with van der Waals surface area (Å²) >= 11 is 0. The largest absolute Gasteiger partial charge is 0.496 e. The van der Waals surface area contributed by atoms with Crippen LogP contribution < -0.4 is 4.74 Å². The number of aromatic nitrogens is 2. The molecule has 1 aromatic heterocycles. The van der Waals surface area contributed by atoms with E-state index in [0.717, 1.165) is 37.3 Å². The van der Waals surface area contributed by atoms with Crippen molar-refractivity contribution in [1.82, 2.24) is 14.9 Å². The molecule has 0 spiro atoms. The first-order valence-corrected chi connectivity index (χ1v) is 8.32. The molecule has 25 heavy (non-hydrogen) atoms. The molecule has 1 aliphatic heterocycles. The number of halogens is 1. The Morgan fingerprint density at radius 1 is 1.44 bits per heavy atom. The molecule has 7 heteroatoms. The number of aromatic carboxylic acids is 1. The number of rotatable bonds is 5. The summed E-state index contributed by atoms with van der Waals surface area (Å²) in [6, 6.07) is 4.56. The summed E-state index contributed by atoms with van der Waals surface area (Å²) in [7, 11) is 1.59. The van der Waals surface area contributed by atoms with Gasteiger partial charge in [-0.2, -0.15) is 0 Å². The number of benzene rings is 1. The minimum Gasteiger partial charge on any atom is -0.496 e. The Kier molecular flexibility index (Phi) is 5.03. The van der Waals surface area contributed by atoms with Gasteiger partial charge in [0.25, 0.3) is 0 Å². The summed E-state index contributed by atoms with van der Waals surface area (Å²) in [5.74, 6) is 0.389. The van der Waals surface area contributed by atoms with Gasteiger partial charge in [0.2, 0.25) is 0 Å². The van der Waals surface area contributed by atoms with E-state index in [0.29, 0.717) is 18.0 Å². The Labute approximate surface area is 145 Å². The first-order chi connectivity index (χ1) is 12.0. The summed E-state index contributed by atoms with van der Waals surface area (Å²) in [5.41, 5.74) is 1.53. The molecule has 0 bridgehead atoms. The SMILES string of the molecule is COc1ccc(F)cc1CN1CCC(c2nc(C(=O)O)c(C)[nH]2)CC1. The van der Waals surface area contributed by atoms with Gasteiger partial charge in [-0.15, -0.1) is 0 Å². The number of piperidine rings is 1. The Hall–Kier alpha value is -2.41. The number of aromatic amines is 1. The Morgan fingerprint density at radius 3 is 2.76 bits per heavy atom. The second-order valence-electron chi connectivity index (χ2n) is 6.41. The Morgan fingerprint density at radius 2 is 2.16 bits per heavy atom. The number of ether oxygens (including phenoxy) is 1. The molecule has 1 saturated heterocycles. The van der Waals surface area contributed by atoms with Crippen LogP contribution in [0.3, 0.4) is 0 Å². The Bertz CT molecular complexity index is 767. The monoisotopic (exact) mass is 347 g/mol. The van der Waals surface area contributed by atoms with Crippen LogP contribution in [0.1, 0.15) is 46.3 Å². The van der Waals surface area contributed by atoms with Gasteiger partial charge in [-0.05, 0) is 51.1 Å². The highest BCUT2D eigenvalue weighted by Crippen LogP contribution is 2.29. The van der Waals surface area contributed by atoms with Gasteiger partial charge in [-0.25, -0.2) is 14.2 Å². The molecule has 0 saturated carbocycles. The van der Waals surface area contributed by atoms with E-state index in [1.165, 1.54) is 12.1 Å². The molecule has 0 atom stereocenters. The molecule has 0 amide bonds. The van der Waals surface area contributed by atoms with E-state index in [1.54, 1.807) is 20.1 Å². The molecule has 3 rings (SSSR count). The molecule has 0 radical (unpaired) electrons. The second-order valence-corrected chi connectivity index (χ2v) is 6.41. The molecule has 134 valence electrons. The highest BCUT2D eigenvalue weighted by atomic mass is 19.1. The lowest BCUT2D eigenvalue weighted by Crippen LogP contribution is -2.33. The first-order valence-electron chi connectivity index (χ1n) is 8.32. The summed E-state index contributed by atoms with van der Waals surface area (Å²) < 4.78 is 18.8. The lowest BCUT2D eigenvalue weighted by Gasteiger charge is -2.31. The average molecular weight is 347 g/mol. The number of hydrogen-bond acceptors (Lipinski definition) is 4. The van der Waals surface area contributed by atoms with Crippen LogP contribution in [0.4, 0.5) is 4.39 Å². The number of carboxylic acids is 1. The highest BCUT2D eigenvalue weighted by Gasteiger charge is 2.25. The van der Waals surface area contributed by atoms with Crippen LogP contribution >= 0.6 is 0 Å². The van der Waals surface area contributed by atoms with Crippen molar-refractivity contribution in [2.75, 3.05) is 20.2 Å². The van der Waals surface area contributed by atoms with Crippen LogP contribution in [0.5, 0.6) is 5.75 Å². The van der Waals surface area contributed by atoms with Gasteiger partial charge in [0.15, 0.2) is 5.69 Å². The van der Waals surface area contributed by atoms with Crippen molar-refractivity contribution in [2.24, 2.45) is 0 Å². The predicted molar refractivity (Wildman–Crippen MR) is 90.5 cm³/mol. The number of carboxylic acid groups (broad SMARTS) is 1. The van der Waals surface area contributed by atoms with Gasteiger partial charge >= 0.3 is 5.97 Å². The molecule has 1 fully saturated rings. The van der Waals surface area contributed by atoms with Crippen molar-refractivity contribution in [3.05, 3.63) is 46.8 Å². The summed E-state index contributed by atoms with van der Waals surface area (Å²) in [6.45, 7) is 4.04. The summed E-state index contributed by atoms with van der Waals surface area (Å²) in [4.78, 5) is 20.7. The zero-order valence-electron chi connectivity index (χ0n) is 14.4. The minimum absolute atomic E-state index is 0.0990. The molecular weight excluding hydrogens is 325 g/mol. The number of aryl methyl sites for hydroxylation is 1. The van der Waals surface area contributed by atoms with E-state index in [-0.39, 0.29) is 17.4 Å². The fourth-order valence-electron chi connectivity index (χ4n) is 3.36. The number of carbonyl (C=O) groups is 1. The van der Waals surface area contributed by atoms with Crippen LogP contribution in [-0.4, -0.2) is 46.1 Å². The van der Waals surface area contributed by atoms with Crippen molar-refractivity contribution in [3.8, 4) is 5.75 Å². The number of imidazole rings is 1. The third-order valence-electron chi connectivity index (χ3n) is 4.72. The van der Waals surface area contributed by atoms with Gasteiger partial charge in [-0.3, -0.25) is 4.90 Å². The van der Waals surface area contributed by atoms with E-state index in [4.69, 9.17) is 9.84 Å². The van der Waals surface area contributed by atoms with E-state index in [1.807, 2.05) is 0 Å². The van der Waals surface area contributed by atoms with Gasteiger partial charge in [0.1, 0.15) is 17.4 Å². The molecule has 2 heterocycles. The predicted octanol–water partition coefficient (Wildman–Crippen LogP) is 2.94. The van der Waals surface area contributed by atoms with Crippen molar-refractivity contribution in [3.63, 3.8) is 0 Å². The molecular formula is C18H22FN3O3. The molecule has 0 unspecified atom stereocenters. The number of H-pyrrole nitrogens is 1. The average Bonchev–Trinajstić information content (AvgIpc) is 2.98. The maximum Gasteiger partial charge on any atom is 0.356 e. The quantitative estimate of drug-likeness (QED) is 0.869. The molecule has 0 aliphatic carbocycles. The van der Waals surface area contributed by atoms with E-state index in [9.17, 15) is 9.18 Å². The first kappa shape index (κ1) is 17.4. The van der Waals surface area contributed by atoms with Gasteiger partial charge < -0.3 is 14.8 Å². The maximum atomic E-state index is 13.5. The summed E-state index contributed by atoms with van der Waals surface area (Å²) in [6.07, 6.45) is 1.76. The topological polar surface area (TPSA) is 78.4 Å². The number of hydrogen-bond donors (Lipinski definition) is 2. The lowest BCUT2D eigenvalue weighted by molar-refractivity contribution is 0.0690. The van der Waals surface area contributed by atoms with Crippen molar-refractivity contribution in [2.45, 2.75) is 32.2 Å². The lowest BCUT2D eigenvalue weighted by atomic mass is 9.95. The number of methoxy groups -OCH3 is 1. The fraction of sp³-hybridized carbons (Fsp3) is 0.444. The number of nitrogens with one attached hydrogen (secondary N) is 1. The van der Waals surface area contributed by atoms with Crippen molar-refractivity contribution >= 4 is 5.97 Å². The Balaban J connectivity index is 1.63. The van der Waals surface area contributed by atoms with Crippen LogP contribution in [0.2, 0.25) is 0 Å². The molecule has 2 aromatic rings. The van der Waals surface area contributed by atoms with Crippen LogP contribution in [0.15, 0.2) is 18.2 Å². The van der Waals surface area contributed by atoms with E-state index >= 15 is 0 Å². The standard InChI is InChI=1S/C18H22FN3O3/c1-11-16(18(23)24)21-17(20-11)12-5-7-22(8-6-12)10-13-9-14(19)3-4-15(13)25-2/h3-4,9,12H,5-8,10H2,1-2H3,(H,20,21)(H,23,24). The number of likely N-dealkylation sites (tertiary alicyclic amines) is 1. The molecule has 2 N–H and O–H groups in total. The normalized spacial score (nSPS) is 16.1. The minimum atomic E-state index is -1.00. The zero-order chi connectivity index (χ0) is 18.0. The van der Waals surface area contributed by atoms with Crippen LogP contribution in [0, 0.1) is 12.7 Å². The van der Waals surface area contributed by atoms with Crippen molar-refractivity contribution < 1.29 is 19.0 Å². The van der Waals surface area contributed by atoms with Crippen LogP contribution in [0.25, 0.3) is 0 Å². The third-order valence-corrected chi connectivity index (χ3v) is 4.72. The maximum absolute atomic E-state index is 13.5. The zero-order valence-corrected chi connectivity index (χ0v) is 14.4. The van der Waals surface area contributed by atoms with Gasteiger partial charge in [-0.1, -0.05) is 0 Å². The smallest absolute Gasteiger partial charge is 0.356 e.